The van der Waals surface area contributed by atoms with Crippen molar-refractivity contribution in [3.05, 3.63) is 29.3 Å². The summed E-state index contributed by atoms with van der Waals surface area (Å²) in [7, 11) is 0. The molecule has 0 bridgehead atoms. The lowest BCUT2D eigenvalue weighted by Gasteiger charge is -2.32. The van der Waals surface area contributed by atoms with Crippen molar-refractivity contribution in [2.24, 2.45) is 0 Å². The second kappa shape index (κ2) is 7.71. The number of hydrogen-bond donors (Lipinski definition) is 1. The maximum Gasteiger partial charge on any atom is 0.242 e. The zero-order valence-electron chi connectivity index (χ0n) is 12.0. The molecule has 1 aromatic carbocycles. The van der Waals surface area contributed by atoms with E-state index in [0.29, 0.717) is 19.5 Å². The molecule has 1 aliphatic heterocycles. The highest BCUT2D eigenvalue weighted by atomic mass is 35.5. The Hall–Kier alpha value is -1.20. The zero-order chi connectivity index (χ0) is 15.2. The molecule has 0 aromatic heterocycles. The van der Waals surface area contributed by atoms with Crippen LogP contribution >= 0.6 is 23.4 Å². The Kier molecular flexibility index (Phi) is 5.94. The second-order valence-electron chi connectivity index (χ2n) is 4.96. The Morgan fingerprint density at radius 2 is 2.14 bits per heavy atom. The van der Waals surface area contributed by atoms with Gasteiger partial charge in [-0.25, -0.2) is 0 Å². The lowest BCUT2D eigenvalue weighted by Crippen LogP contribution is -2.55. The van der Waals surface area contributed by atoms with Gasteiger partial charge >= 0.3 is 0 Å². The number of hydrogen-bond acceptors (Lipinski definition) is 3. The lowest BCUT2D eigenvalue weighted by molar-refractivity contribution is -0.142. The Balaban J connectivity index is 1.71. The highest BCUT2D eigenvalue weighted by Gasteiger charge is 2.28. The molecular weight excluding hydrogens is 308 g/mol. The van der Waals surface area contributed by atoms with Crippen LogP contribution in [0.25, 0.3) is 0 Å². The van der Waals surface area contributed by atoms with Gasteiger partial charge in [-0.1, -0.05) is 11.6 Å². The van der Waals surface area contributed by atoms with Crippen molar-refractivity contribution in [2.75, 3.05) is 18.8 Å². The van der Waals surface area contributed by atoms with Crippen LogP contribution in [0.1, 0.15) is 19.8 Å². The molecule has 4 nitrogen and oxygen atoms in total. The van der Waals surface area contributed by atoms with Crippen LogP contribution in [0.2, 0.25) is 5.02 Å². The molecule has 1 atom stereocenters. The van der Waals surface area contributed by atoms with Crippen molar-refractivity contribution >= 4 is 35.2 Å². The van der Waals surface area contributed by atoms with Gasteiger partial charge in [0.1, 0.15) is 6.04 Å². The number of thioether (sulfide) groups is 1. The van der Waals surface area contributed by atoms with Crippen LogP contribution in [0.5, 0.6) is 0 Å². The van der Waals surface area contributed by atoms with Gasteiger partial charge in [-0.05, 0) is 43.4 Å². The molecule has 1 fully saturated rings. The molecule has 0 aliphatic carbocycles. The number of rotatable bonds is 5. The highest BCUT2D eigenvalue weighted by molar-refractivity contribution is 7.99. The Morgan fingerprint density at radius 1 is 1.43 bits per heavy atom. The summed E-state index contributed by atoms with van der Waals surface area (Å²) in [6.45, 7) is 2.93. The van der Waals surface area contributed by atoms with E-state index in [0.717, 1.165) is 22.1 Å². The van der Waals surface area contributed by atoms with Crippen LogP contribution in [0.15, 0.2) is 29.2 Å². The smallest absolute Gasteiger partial charge is 0.242 e. The van der Waals surface area contributed by atoms with Crippen LogP contribution in [-0.4, -0.2) is 41.6 Å². The largest absolute Gasteiger partial charge is 0.353 e. The first-order chi connectivity index (χ1) is 10.1. The zero-order valence-corrected chi connectivity index (χ0v) is 13.5. The van der Waals surface area contributed by atoms with E-state index in [9.17, 15) is 9.59 Å². The van der Waals surface area contributed by atoms with E-state index >= 15 is 0 Å². The topological polar surface area (TPSA) is 49.4 Å². The molecule has 1 N–H and O–H groups in total. The normalized spacial score (nSPS) is 18.5. The molecule has 1 aromatic rings. The summed E-state index contributed by atoms with van der Waals surface area (Å²) in [4.78, 5) is 26.5. The minimum atomic E-state index is -0.352. The fourth-order valence-electron chi connectivity index (χ4n) is 2.21. The van der Waals surface area contributed by atoms with E-state index in [4.69, 9.17) is 11.6 Å². The molecule has 0 unspecified atom stereocenters. The standard InChI is InChI=1S/C15H19ClN2O2S/c1-11-15(20)17-8-9-18(11)14(19)3-2-10-21-13-6-4-12(16)5-7-13/h4-7,11H,2-3,8-10H2,1H3,(H,17,20)/t11-/m0/s1. The molecule has 0 saturated carbocycles. The summed E-state index contributed by atoms with van der Waals surface area (Å²) in [5, 5.41) is 3.49. The molecule has 114 valence electrons. The molecule has 2 rings (SSSR count). The van der Waals surface area contributed by atoms with Crippen molar-refractivity contribution in [2.45, 2.75) is 30.7 Å². The van der Waals surface area contributed by atoms with Crippen molar-refractivity contribution < 1.29 is 9.59 Å². The summed E-state index contributed by atoms with van der Waals surface area (Å²) >= 11 is 7.54. The Labute approximate surface area is 134 Å². The summed E-state index contributed by atoms with van der Waals surface area (Å²) in [5.74, 6) is 0.876. The summed E-state index contributed by atoms with van der Waals surface area (Å²) < 4.78 is 0. The van der Waals surface area contributed by atoms with Crippen molar-refractivity contribution in [3.8, 4) is 0 Å². The van der Waals surface area contributed by atoms with Crippen molar-refractivity contribution in [1.29, 1.82) is 0 Å². The van der Waals surface area contributed by atoms with Gasteiger partial charge in [-0.3, -0.25) is 9.59 Å². The van der Waals surface area contributed by atoms with Gasteiger partial charge in [0.05, 0.1) is 0 Å². The third-order valence-corrected chi connectivity index (χ3v) is 4.79. The molecule has 0 radical (unpaired) electrons. The van der Waals surface area contributed by atoms with Gasteiger partial charge in [-0.2, -0.15) is 0 Å². The molecule has 21 heavy (non-hydrogen) atoms. The molecule has 1 heterocycles. The van der Waals surface area contributed by atoms with Crippen molar-refractivity contribution in [1.82, 2.24) is 10.2 Å². The second-order valence-corrected chi connectivity index (χ2v) is 6.56. The third-order valence-electron chi connectivity index (χ3n) is 3.44. The van der Waals surface area contributed by atoms with Gasteiger partial charge in [0, 0.05) is 29.4 Å². The number of piperazine rings is 1. The van der Waals surface area contributed by atoms with Crippen molar-refractivity contribution in [3.63, 3.8) is 0 Å². The van der Waals surface area contributed by atoms with Gasteiger partial charge in [0.15, 0.2) is 0 Å². The number of carbonyl (C=O) groups is 2. The van der Waals surface area contributed by atoms with E-state index < -0.39 is 0 Å². The predicted octanol–water partition coefficient (Wildman–Crippen LogP) is 2.56. The average molecular weight is 327 g/mol. The van der Waals surface area contributed by atoms with Gasteiger partial charge in [-0.15, -0.1) is 11.8 Å². The predicted molar refractivity (Wildman–Crippen MR) is 85.6 cm³/mol. The van der Waals surface area contributed by atoms with Crippen LogP contribution < -0.4 is 5.32 Å². The van der Waals surface area contributed by atoms with Crippen LogP contribution in [0, 0.1) is 0 Å². The first-order valence-electron chi connectivity index (χ1n) is 7.03. The molecule has 0 spiro atoms. The molecule has 6 heteroatoms. The number of amides is 2. The molecular formula is C15H19ClN2O2S. The fraction of sp³-hybridized carbons (Fsp3) is 0.467. The van der Waals surface area contributed by atoms with E-state index in [1.807, 2.05) is 24.3 Å². The van der Waals surface area contributed by atoms with Gasteiger partial charge in [0.25, 0.3) is 0 Å². The first-order valence-corrected chi connectivity index (χ1v) is 8.40. The Morgan fingerprint density at radius 3 is 2.86 bits per heavy atom. The lowest BCUT2D eigenvalue weighted by atomic mass is 10.2. The SMILES string of the molecule is C[C@H]1C(=O)NCCN1C(=O)CCCSc1ccc(Cl)cc1. The molecule has 1 saturated heterocycles. The van der Waals surface area contributed by atoms with E-state index in [1.54, 1.807) is 23.6 Å². The van der Waals surface area contributed by atoms with Gasteiger partial charge in [0.2, 0.25) is 11.8 Å². The monoisotopic (exact) mass is 326 g/mol. The minimum absolute atomic E-state index is 0.0639. The maximum absolute atomic E-state index is 12.1. The van der Waals surface area contributed by atoms with Gasteiger partial charge < -0.3 is 10.2 Å². The summed E-state index contributed by atoms with van der Waals surface area (Å²) in [5.41, 5.74) is 0. The summed E-state index contributed by atoms with van der Waals surface area (Å²) in [6.07, 6.45) is 1.29. The van der Waals surface area contributed by atoms with Crippen LogP contribution in [-0.2, 0) is 9.59 Å². The first kappa shape index (κ1) is 16.2. The highest BCUT2D eigenvalue weighted by Crippen LogP contribution is 2.21. The summed E-state index contributed by atoms with van der Waals surface area (Å²) in [6, 6.07) is 7.33. The Bertz CT molecular complexity index is 507. The van der Waals surface area contributed by atoms with E-state index in [2.05, 4.69) is 5.32 Å². The van der Waals surface area contributed by atoms with E-state index in [-0.39, 0.29) is 17.9 Å². The fourth-order valence-corrected chi connectivity index (χ4v) is 3.19. The number of benzene rings is 1. The molecule has 1 aliphatic rings. The van der Waals surface area contributed by atoms with Crippen LogP contribution in [0.4, 0.5) is 0 Å². The molecule has 2 amide bonds. The minimum Gasteiger partial charge on any atom is -0.353 e. The average Bonchev–Trinajstić information content (AvgIpc) is 2.48. The third kappa shape index (κ3) is 4.64. The number of halogens is 1. The van der Waals surface area contributed by atoms with Crippen LogP contribution in [0.3, 0.4) is 0 Å². The number of nitrogens with zero attached hydrogens (tertiary/aromatic N) is 1. The maximum atomic E-state index is 12.1. The van der Waals surface area contributed by atoms with E-state index in [1.165, 1.54) is 0 Å². The quantitative estimate of drug-likeness (QED) is 0.668. The number of carbonyl (C=O) groups excluding carboxylic acids is 2. The number of nitrogens with one attached hydrogen (secondary N) is 1.